The zero-order chi connectivity index (χ0) is 15.9. The van der Waals surface area contributed by atoms with E-state index >= 15 is 0 Å². The van der Waals surface area contributed by atoms with Crippen molar-refractivity contribution in [2.75, 3.05) is 20.3 Å². The van der Waals surface area contributed by atoms with Gasteiger partial charge in [0.05, 0.1) is 10.6 Å². The number of nitrogens with one attached hydrogen (secondary N) is 1. The van der Waals surface area contributed by atoms with Crippen LogP contribution in [0.3, 0.4) is 0 Å². The maximum Gasteiger partial charge on any atom is 0.335 e. The fraction of sp³-hybridized carbons (Fsp3) is 0.462. The Morgan fingerprint density at radius 2 is 2.05 bits per heavy atom. The highest BCUT2D eigenvalue weighted by Gasteiger charge is 2.19. The first-order chi connectivity index (χ1) is 9.88. The van der Waals surface area contributed by atoms with Crippen LogP contribution in [0.1, 0.15) is 29.6 Å². The monoisotopic (exact) mass is 335 g/mol. The maximum absolute atomic E-state index is 12.1. The molecule has 1 rings (SSSR count). The second kappa shape index (κ2) is 8.33. The van der Waals surface area contributed by atoms with E-state index in [1.807, 2.05) is 0 Å². The Kier molecular flexibility index (Phi) is 7.10. The first-order valence-corrected chi connectivity index (χ1v) is 8.26. The van der Waals surface area contributed by atoms with E-state index in [-0.39, 0.29) is 22.0 Å². The normalized spacial score (nSPS) is 11.5. The first kappa shape index (κ1) is 17.9. The molecule has 2 N–H and O–H groups in total. The van der Waals surface area contributed by atoms with Gasteiger partial charge in [0, 0.05) is 20.3 Å². The molecule has 8 heteroatoms. The molecule has 0 radical (unpaired) electrons. The minimum Gasteiger partial charge on any atom is -0.478 e. The number of sulfonamides is 1. The molecule has 0 aromatic heterocycles. The minimum absolute atomic E-state index is 0.00752. The molecular formula is C13H18ClNO5S. The lowest BCUT2D eigenvalue weighted by molar-refractivity contribution is 0.0696. The van der Waals surface area contributed by atoms with Gasteiger partial charge in [0.1, 0.15) is 4.90 Å². The summed E-state index contributed by atoms with van der Waals surface area (Å²) < 4.78 is 31.5. The van der Waals surface area contributed by atoms with Crippen LogP contribution >= 0.6 is 11.6 Å². The fourth-order valence-corrected chi connectivity index (χ4v) is 3.27. The van der Waals surface area contributed by atoms with Gasteiger partial charge < -0.3 is 9.84 Å². The molecule has 0 bridgehead atoms. The van der Waals surface area contributed by atoms with Crippen molar-refractivity contribution < 1.29 is 23.1 Å². The summed E-state index contributed by atoms with van der Waals surface area (Å²) in [5.41, 5.74) is -0.125. The summed E-state index contributed by atoms with van der Waals surface area (Å²) in [5.74, 6) is -1.21. The highest BCUT2D eigenvalue weighted by molar-refractivity contribution is 7.89. The molecular weight excluding hydrogens is 318 g/mol. The van der Waals surface area contributed by atoms with Gasteiger partial charge >= 0.3 is 5.97 Å². The van der Waals surface area contributed by atoms with Crippen LogP contribution in [0.4, 0.5) is 0 Å². The zero-order valence-corrected chi connectivity index (χ0v) is 13.2. The Morgan fingerprint density at radius 1 is 1.33 bits per heavy atom. The smallest absolute Gasteiger partial charge is 0.335 e. The second-order valence-electron chi connectivity index (χ2n) is 4.40. The summed E-state index contributed by atoms with van der Waals surface area (Å²) >= 11 is 5.84. The number of hydrogen-bond acceptors (Lipinski definition) is 4. The number of carboxylic acids is 1. The number of unbranched alkanes of at least 4 members (excludes halogenated alkanes) is 2. The Balaban J connectivity index is 2.70. The van der Waals surface area contributed by atoms with Gasteiger partial charge in [-0.15, -0.1) is 0 Å². The molecule has 0 fully saturated rings. The largest absolute Gasteiger partial charge is 0.478 e. The first-order valence-electron chi connectivity index (χ1n) is 6.40. The summed E-state index contributed by atoms with van der Waals surface area (Å²) in [7, 11) is -2.20. The second-order valence-corrected chi connectivity index (χ2v) is 6.54. The molecule has 0 saturated heterocycles. The molecule has 1 aromatic carbocycles. The third-order valence-electron chi connectivity index (χ3n) is 2.78. The molecule has 118 valence electrons. The van der Waals surface area contributed by atoms with Crippen molar-refractivity contribution in [1.29, 1.82) is 0 Å². The maximum atomic E-state index is 12.1. The SMILES string of the molecule is COCCCCCNS(=O)(=O)c1cc(C(=O)O)ccc1Cl. The van der Waals surface area contributed by atoms with Gasteiger partial charge in [-0.1, -0.05) is 11.6 Å². The van der Waals surface area contributed by atoms with Gasteiger partial charge in [-0.05, 0) is 37.5 Å². The Morgan fingerprint density at radius 3 is 2.67 bits per heavy atom. The van der Waals surface area contributed by atoms with E-state index < -0.39 is 16.0 Å². The van der Waals surface area contributed by atoms with Crippen LogP contribution in [-0.4, -0.2) is 39.8 Å². The summed E-state index contributed by atoms with van der Waals surface area (Å²) in [6.45, 7) is 0.902. The van der Waals surface area contributed by atoms with Crippen LogP contribution in [0.2, 0.25) is 5.02 Å². The average Bonchev–Trinajstić information content (AvgIpc) is 2.42. The van der Waals surface area contributed by atoms with E-state index in [4.69, 9.17) is 21.4 Å². The number of carboxylic acid groups (broad SMARTS) is 1. The lowest BCUT2D eigenvalue weighted by atomic mass is 10.2. The summed E-state index contributed by atoms with van der Waals surface area (Å²) in [4.78, 5) is 10.7. The van der Waals surface area contributed by atoms with Gasteiger partial charge in [-0.3, -0.25) is 0 Å². The highest BCUT2D eigenvalue weighted by atomic mass is 35.5. The number of methoxy groups -OCH3 is 1. The van der Waals surface area contributed by atoms with Crippen LogP contribution in [0.25, 0.3) is 0 Å². The predicted octanol–water partition coefficient (Wildman–Crippen LogP) is 2.13. The third kappa shape index (κ3) is 5.62. The summed E-state index contributed by atoms with van der Waals surface area (Å²) in [5, 5.41) is 8.88. The Bertz CT molecular complexity index is 588. The molecule has 0 aliphatic rings. The van der Waals surface area contributed by atoms with Crippen molar-refractivity contribution >= 4 is 27.6 Å². The number of benzene rings is 1. The Hall–Kier alpha value is -1.15. The van der Waals surface area contributed by atoms with Crippen molar-refractivity contribution in [3.8, 4) is 0 Å². The van der Waals surface area contributed by atoms with Crippen molar-refractivity contribution in [2.24, 2.45) is 0 Å². The molecule has 0 amide bonds. The number of ether oxygens (including phenoxy) is 1. The van der Waals surface area contributed by atoms with E-state index in [0.29, 0.717) is 13.0 Å². The van der Waals surface area contributed by atoms with E-state index in [1.165, 1.54) is 12.1 Å². The van der Waals surface area contributed by atoms with E-state index in [1.54, 1.807) is 7.11 Å². The van der Waals surface area contributed by atoms with Crippen LogP contribution in [-0.2, 0) is 14.8 Å². The molecule has 0 atom stereocenters. The lowest BCUT2D eigenvalue weighted by Gasteiger charge is -2.09. The van der Waals surface area contributed by atoms with Crippen LogP contribution in [0.5, 0.6) is 0 Å². The topological polar surface area (TPSA) is 92.7 Å². The van der Waals surface area contributed by atoms with Gasteiger partial charge in [-0.25, -0.2) is 17.9 Å². The minimum atomic E-state index is -3.82. The lowest BCUT2D eigenvalue weighted by Crippen LogP contribution is -2.25. The molecule has 0 spiro atoms. The van der Waals surface area contributed by atoms with Crippen LogP contribution in [0, 0.1) is 0 Å². The van der Waals surface area contributed by atoms with Gasteiger partial charge in [0.15, 0.2) is 0 Å². The Labute approximate surface area is 129 Å². The van der Waals surface area contributed by atoms with Gasteiger partial charge in [-0.2, -0.15) is 0 Å². The molecule has 0 aliphatic carbocycles. The predicted molar refractivity (Wildman–Crippen MR) is 79.3 cm³/mol. The number of aromatic carboxylic acids is 1. The fourth-order valence-electron chi connectivity index (χ4n) is 1.67. The van der Waals surface area contributed by atoms with E-state index in [0.717, 1.165) is 18.9 Å². The number of halogens is 1. The number of carbonyl (C=O) groups is 1. The molecule has 0 heterocycles. The zero-order valence-electron chi connectivity index (χ0n) is 11.6. The van der Waals surface area contributed by atoms with Crippen molar-refractivity contribution in [1.82, 2.24) is 4.72 Å². The van der Waals surface area contributed by atoms with Gasteiger partial charge in [0.25, 0.3) is 0 Å². The van der Waals surface area contributed by atoms with Crippen molar-refractivity contribution in [3.63, 3.8) is 0 Å². The van der Waals surface area contributed by atoms with E-state index in [9.17, 15) is 13.2 Å². The molecule has 0 aliphatic heterocycles. The molecule has 6 nitrogen and oxygen atoms in total. The number of rotatable bonds is 9. The quantitative estimate of drug-likeness (QED) is 0.674. The van der Waals surface area contributed by atoms with Crippen molar-refractivity contribution in [2.45, 2.75) is 24.2 Å². The standard InChI is InChI=1S/C13H18ClNO5S/c1-20-8-4-2-3-7-15-21(18,19)12-9-10(13(16)17)5-6-11(12)14/h5-6,9,15H,2-4,7-8H2,1H3,(H,16,17). The van der Waals surface area contributed by atoms with Gasteiger partial charge in [0.2, 0.25) is 10.0 Å². The van der Waals surface area contributed by atoms with Crippen LogP contribution < -0.4 is 4.72 Å². The highest BCUT2D eigenvalue weighted by Crippen LogP contribution is 2.22. The molecule has 1 aromatic rings. The van der Waals surface area contributed by atoms with Crippen molar-refractivity contribution in [3.05, 3.63) is 28.8 Å². The molecule has 21 heavy (non-hydrogen) atoms. The molecule has 0 saturated carbocycles. The van der Waals surface area contributed by atoms with E-state index in [2.05, 4.69) is 4.72 Å². The van der Waals surface area contributed by atoms with Crippen LogP contribution in [0.15, 0.2) is 23.1 Å². The number of hydrogen-bond donors (Lipinski definition) is 2. The third-order valence-corrected chi connectivity index (χ3v) is 4.73. The molecule has 0 unspecified atom stereocenters. The average molecular weight is 336 g/mol. The summed E-state index contributed by atoms with van der Waals surface area (Å²) in [6.07, 6.45) is 2.35. The summed E-state index contributed by atoms with van der Waals surface area (Å²) in [6, 6.07) is 3.57.